The van der Waals surface area contributed by atoms with Gasteiger partial charge in [0.2, 0.25) is 16.9 Å². The van der Waals surface area contributed by atoms with Gasteiger partial charge < -0.3 is 14.5 Å². The van der Waals surface area contributed by atoms with E-state index in [-0.39, 0.29) is 16.9 Å². The molecule has 0 saturated carbocycles. The maximum Gasteiger partial charge on any atom is 0.291 e. The number of unbranched alkanes of at least 4 members (excludes halogenated alkanes) is 1. The number of benzene rings is 1. The zero-order valence-corrected chi connectivity index (χ0v) is 15.9. The van der Waals surface area contributed by atoms with Crippen LogP contribution in [0.15, 0.2) is 39.5 Å². The SMILES string of the molecule is CCCCOc1c(C(=O)NCc2ccc(I)cc2)oc(C)cc1=O. The van der Waals surface area contributed by atoms with Gasteiger partial charge in [-0.15, -0.1) is 0 Å². The van der Waals surface area contributed by atoms with Crippen molar-refractivity contribution in [2.45, 2.75) is 33.2 Å². The molecule has 1 aromatic heterocycles. The molecule has 0 bridgehead atoms. The Balaban J connectivity index is 2.14. The average molecular weight is 441 g/mol. The Hall–Kier alpha value is -1.83. The van der Waals surface area contributed by atoms with Crippen molar-refractivity contribution >= 4 is 28.5 Å². The highest BCUT2D eigenvalue weighted by molar-refractivity contribution is 14.1. The van der Waals surface area contributed by atoms with Crippen LogP contribution >= 0.6 is 22.6 Å². The number of nitrogens with one attached hydrogen (secondary N) is 1. The lowest BCUT2D eigenvalue weighted by Gasteiger charge is -2.11. The monoisotopic (exact) mass is 441 g/mol. The highest BCUT2D eigenvalue weighted by Crippen LogP contribution is 2.16. The van der Waals surface area contributed by atoms with Crippen molar-refractivity contribution in [2.75, 3.05) is 6.61 Å². The van der Waals surface area contributed by atoms with Crippen LogP contribution in [0.5, 0.6) is 5.75 Å². The van der Waals surface area contributed by atoms with Crippen molar-refractivity contribution in [3.8, 4) is 5.75 Å². The summed E-state index contributed by atoms with van der Waals surface area (Å²) in [5.74, 6) is -0.168. The Labute approximate surface area is 154 Å². The zero-order valence-electron chi connectivity index (χ0n) is 13.7. The second-order valence-electron chi connectivity index (χ2n) is 5.39. The summed E-state index contributed by atoms with van der Waals surface area (Å²) in [7, 11) is 0. The summed E-state index contributed by atoms with van der Waals surface area (Å²) in [5.41, 5.74) is 0.626. The molecule has 0 aliphatic rings. The number of rotatable bonds is 7. The first-order chi connectivity index (χ1) is 11.5. The molecule has 5 nitrogen and oxygen atoms in total. The smallest absolute Gasteiger partial charge is 0.291 e. The molecule has 0 atom stereocenters. The van der Waals surface area contributed by atoms with Gasteiger partial charge >= 0.3 is 0 Å². The molecule has 0 unspecified atom stereocenters. The van der Waals surface area contributed by atoms with Crippen LogP contribution in [0, 0.1) is 10.5 Å². The van der Waals surface area contributed by atoms with Crippen molar-refractivity contribution in [1.29, 1.82) is 0 Å². The van der Waals surface area contributed by atoms with E-state index in [1.165, 1.54) is 6.07 Å². The van der Waals surface area contributed by atoms with Gasteiger partial charge in [-0.25, -0.2) is 0 Å². The van der Waals surface area contributed by atoms with Crippen LogP contribution in [0.3, 0.4) is 0 Å². The van der Waals surface area contributed by atoms with Crippen LogP contribution in [0.4, 0.5) is 0 Å². The summed E-state index contributed by atoms with van der Waals surface area (Å²) < 4.78 is 12.1. The minimum Gasteiger partial charge on any atom is -0.486 e. The fourth-order valence-electron chi connectivity index (χ4n) is 2.07. The van der Waals surface area contributed by atoms with Crippen molar-refractivity contribution in [3.05, 3.63) is 61.2 Å². The van der Waals surface area contributed by atoms with E-state index in [4.69, 9.17) is 9.15 Å². The molecular formula is C18H20INO4. The molecule has 2 aromatic rings. The maximum atomic E-state index is 12.4. The Morgan fingerprint density at radius 2 is 2.00 bits per heavy atom. The van der Waals surface area contributed by atoms with Gasteiger partial charge in [0.05, 0.1) is 6.61 Å². The fraction of sp³-hybridized carbons (Fsp3) is 0.333. The lowest BCUT2D eigenvalue weighted by molar-refractivity contribution is 0.0911. The normalized spacial score (nSPS) is 10.5. The van der Waals surface area contributed by atoms with E-state index < -0.39 is 5.91 Å². The molecule has 0 fully saturated rings. The highest BCUT2D eigenvalue weighted by Gasteiger charge is 2.20. The maximum absolute atomic E-state index is 12.4. The van der Waals surface area contributed by atoms with Crippen LogP contribution < -0.4 is 15.5 Å². The number of amides is 1. The minimum atomic E-state index is -0.458. The lowest BCUT2D eigenvalue weighted by Crippen LogP contribution is -2.25. The summed E-state index contributed by atoms with van der Waals surface area (Å²) in [6.07, 6.45) is 1.74. The van der Waals surface area contributed by atoms with Gasteiger partial charge in [-0.05, 0) is 53.6 Å². The number of hydrogen-bond donors (Lipinski definition) is 1. The molecule has 1 amide bonds. The number of ether oxygens (including phenoxy) is 1. The second kappa shape index (κ2) is 8.86. The van der Waals surface area contributed by atoms with Crippen molar-refractivity contribution in [3.63, 3.8) is 0 Å². The lowest BCUT2D eigenvalue weighted by atomic mass is 10.2. The summed E-state index contributed by atoms with van der Waals surface area (Å²) in [6.45, 7) is 4.38. The third-order valence-corrected chi connectivity index (χ3v) is 4.06. The third kappa shape index (κ3) is 5.09. The van der Waals surface area contributed by atoms with Crippen LogP contribution in [-0.4, -0.2) is 12.5 Å². The van der Waals surface area contributed by atoms with Gasteiger partial charge in [-0.3, -0.25) is 9.59 Å². The van der Waals surface area contributed by atoms with Gasteiger partial charge in [-0.2, -0.15) is 0 Å². The fourth-order valence-corrected chi connectivity index (χ4v) is 2.43. The molecule has 1 N–H and O–H groups in total. The van der Waals surface area contributed by atoms with E-state index in [0.29, 0.717) is 18.9 Å². The number of carbonyl (C=O) groups excluding carboxylic acids is 1. The topological polar surface area (TPSA) is 68.5 Å². The van der Waals surface area contributed by atoms with E-state index in [2.05, 4.69) is 27.9 Å². The van der Waals surface area contributed by atoms with E-state index >= 15 is 0 Å². The largest absolute Gasteiger partial charge is 0.486 e. The average Bonchev–Trinajstić information content (AvgIpc) is 2.55. The Bertz CT molecular complexity index is 753. The minimum absolute atomic E-state index is 0.0193. The van der Waals surface area contributed by atoms with Gasteiger partial charge in [0, 0.05) is 16.2 Å². The van der Waals surface area contributed by atoms with Gasteiger partial charge in [0.25, 0.3) is 5.91 Å². The first-order valence-corrected chi connectivity index (χ1v) is 8.89. The van der Waals surface area contributed by atoms with Gasteiger partial charge in [0.15, 0.2) is 0 Å². The molecule has 0 aliphatic carbocycles. The quantitative estimate of drug-likeness (QED) is 0.526. The van der Waals surface area contributed by atoms with E-state index in [9.17, 15) is 9.59 Å². The summed E-state index contributed by atoms with van der Waals surface area (Å²) >= 11 is 2.22. The van der Waals surface area contributed by atoms with Gasteiger partial charge in [-0.1, -0.05) is 25.5 Å². The van der Waals surface area contributed by atoms with Crippen LogP contribution in [0.2, 0.25) is 0 Å². The Morgan fingerprint density at radius 3 is 2.67 bits per heavy atom. The highest BCUT2D eigenvalue weighted by atomic mass is 127. The Morgan fingerprint density at radius 1 is 1.29 bits per heavy atom. The predicted molar refractivity (Wildman–Crippen MR) is 100 cm³/mol. The molecule has 0 saturated heterocycles. The predicted octanol–water partition coefficient (Wildman–Crippen LogP) is 3.66. The van der Waals surface area contributed by atoms with Crippen LogP contribution in [0.1, 0.15) is 41.6 Å². The van der Waals surface area contributed by atoms with E-state index in [1.807, 2.05) is 31.2 Å². The first kappa shape index (κ1) is 18.5. The number of aryl methyl sites for hydroxylation is 1. The zero-order chi connectivity index (χ0) is 17.5. The van der Waals surface area contributed by atoms with Crippen LogP contribution in [-0.2, 0) is 6.54 Å². The van der Waals surface area contributed by atoms with Crippen molar-refractivity contribution in [1.82, 2.24) is 5.32 Å². The summed E-state index contributed by atoms with van der Waals surface area (Å²) in [4.78, 5) is 24.5. The second-order valence-corrected chi connectivity index (χ2v) is 6.64. The summed E-state index contributed by atoms with van der Waals surface area (Å²) in [6, 6.07) is 9.14. The molecule has 0 radical (unpaired) electrons. The van der Waals surface area contributed by atoms with Gasteiger partial charge in [0.1, 0.15) is 5.76 Å². The molecule has 24 heavy (non-hydrogen) atoms. The molecule has 128 valence electrons. The van der Waals surface area contributed by atoms with E-state index in [1.54, 1.807) is 6.92 Å². The molecule has 6 heteroatoms. The standard InChI is InChI=1S/C18H20INO4/c1-3-4-9-23-16-15(21)10-12(2)24-17(16)18(22)20-11-13-5-7-14(19)8-6-13/h5-8,10H,3-4,9,11H2,1-2H3,(H,20,22). The molecule has 0 aliphatic heterocycles. The van der Waals surface area contributed by atoms with Crippen molar-refractivity contribution < 1.29 is 13.9 Å². The van der Waals surface area contributed by atoms with E-state index in [0.717, 1.165) is 22.0 Å². The number of halogens is 1. The molecular weight excluding hydrogens is 421 g/mol. The number of hydrogen-bond acceptors (Lipinski definition) is 4. The Kier molecular flexibility index (Phi) is 6.84. The van der Waals surface area contributed by atoms with Crippen molar-refractivity contribution in [2.24, 2.45) is 0 Å². The van der Waals surface area contributed by atoms with Crippen LogP contribution in [0.25, 0.3) is 0 Å². The summed E-state index contributed by atoms with van der Waals surface area (Å²) in [5, 5.41) is 2.77. The molecule has 0 spiro atoms. The molecule has 2 rings (SSSR count). The third-order valence-electron chi connectivity index (χ3n) is 3.34. The number of carbonyl (C=O) groups is 1. The molecule has 1 aromatic carbocycles. The molecule has 1 heterocycles. The first-order valence-electron chi connectivity index (χ1n) is 7.81.